The lowest BCUT2D eigenvalue weighted by molar-refractivity contribution is 0.0699. The Bertz CT molecular complexity index is 685. The van der Waals surface area contributed by atoms with Crippen molar-refractivity contribution < 1.29 is 4.74 Å². The van der Waals surface area contributed by atoms with E-state index in [0.717, 1.165) is 75.0 Å². The normalized spacial score (nSPS) is 21.2. The van der Waals surface area contributed by atoms with E-state index >= 15 is 0 Å². The van der Waals surface area contributed by atoms with Gasteiger partial charge in [0.2, 0.25) is 0 Å². The summed E-state index contributed by atoms with van der Waals surface area (Å²) in [6.45, 7) is 7.82. The van der Waals surface area contributed by atoms with Gasteiger partial charge in [-0.25, -0.2) is 15.0 Å². The standard InChI is InChI=1S/C16H24N6O/c1-12-19-14-15(21-7-5-20(2)6-8-21)17-11-18-16(14)22(12)13-3-9-23-10-4-13/h11,13H,3-10H2,1-2H3. The summed E-state index contributed by atoms with van der Waals surface area (Å²) in [5.74, 6) is 2.01. The van der Waals surface area contributed by atoms with Crippen LogP contribution in [0.25, 0.3) is 11.2 Å². The van der Waals surface area contributed by atoms with Crippen molar-refractivity contribution in [2.24, 2.45) is 0 Å². The minimum atomic E-state index is 0.434. The van der Waals surface area contributed by atoms with Gasteiger partial charge in [0, 0.05) is 45.4 Å². The van der Waals surface area contributed by atoms with E-state index in [-0.39, 0.29) is 0 Å². The highest BCUT2D eigenvalue weighted by atomic mass is 16.5. The molecule has 0 unspecified atom stereocenters. The molecule has 2 aliphatic heterocycles. The summed E-state index contributed by atoms with van der Waals surface area (Å²) in [5.41, 5.74) is 1.92. The molecule has 7 heteroatoms. The number of anilines is 1. The lowest BCUT2D eigenvalue weighted by Gasteiger charge is -2.33. The highest BCUT2D eigenvalue weighted by Crippen LogP contribution is 2.30. The van der Waals surface area contributed by atoms with Crippen LogP contribution in [0.2, 0.25) is 0 Å². The number of imidazole rings is 1. The Labute approximate surface area is 136 Å². The third kappa shape index (κ3) is 2.68. The number of aromatic nitrogens is 4. The van der Waals surface area contributed by atoms with E-state index in [4.69, 9.17) is 9.72 Å². The maximum Gasteiger partial charge on any atom is 0.165 e. The van der Waals surface area contributed by atoms with E-state index in [0.29, 0.717) is 6.04 Å². The molecule has 0 aromatic carbocycles. The summed E-state index contributed by atoms with van der Waals surface area (Å²) in [7, 11) is 2.16. The number of rotatable bonds is 2. The molecule has 0 amide bonds. The molecule has 124 valence electrons. The van der Waals surface area contributed by atoms with Crippen molar-refractivity contribution in [3.8, 4) is 0 Å². The lowest BCUT2D eigenvalue weighted by atomic mass is 10.1. The molecule has 2 aliphatic rings. The molecule has 0 radical (unpaired) electrons. The molecule has 2 aromatic rings. The van der Waals surface area contributed by atoms with Gasteiger partial charge in [0.05, 0.1) is 0 Å². The Balaban J connectivity index is 1.73. The average Bonchev–Trinajstić information content (AvgIpc) is 2.92. The van der Waals surface area contributed by atoms with E-state index in [2.05, 4.69) is 38.3 Å². The van der Waals surface area contributed by atoms with Crippen LogP contribution in [0.3, 0.4) is 0 Å². The van der Waals surface area contributed by atoms with Gasteiger partial charge in [0.1, 0.15) is 12.2 Å². The van der Waals surface area contributed by atoms with Gasteiger partial charge in [-0.2, -0.15) is 0 Å². The Morgan fingerprint density at radius 3 is 2.57 bits per heavy atom. The number of fused-ring (bicyclic) bond motifs is 1. The highest BCUT2D eigenvalue weighted by Gasteiger charge is 2.25. The number of likely N-dealkylation sites (N-methyl/N-ethyl adjacent to an activating group) is 1. The van der Waals surface area contributed by atoms with Crippen LogP contribution in [0.1, 0.15) is 24.7 Å². The number of ether oxygens (including phenoxy) is 1. The molecular weight excluding hydrogens is 292 g/mol. The van der Waals surface area contributed by atoms with E-state index in [1.54, 1.807) is 6.33 Å². The van der Waals surface area contributed by atoms with Gasteiger partial charge in [-0.1, -0.05) is 0 Å². The zero-order valence-electron chi connectivity index (χ0n) is 13.9. The fourth-order valence-electron chi connectivity index (χ4n) is 3.64. The average molecular weight is 316 g/mol. The maximum absolute atomic E-state index is 5.50. The molecule has 0 aliphatic carbocycles. The predicted octanol–water partition coefficient (Wildman–Crippen LogP) is 1.24. The van der Waals surface area contributed by atoms with E-state index in [1.165, 1.54) is 0 Å². The van der Waals surface area contributed by atoms with Gasteiger partial charge >= 0.3 is 0 Å². The molecule has 23 heavy (non-hydrogen) atoms. The minimum absolute atomic E-state index is 0.434. The van der Waals surface area contributed by atoms with E-state index < -0.39 is 0 Å². The lowest BCUT2D eigenvalue weighted by Crippen LogP contribution is -2.44. The molecule has 0 atom stereocenters. The van der Waals surface area contributed by atoms with Crippen LogP contribution in [-0.2, 0) is 4.74 Å². The van der Waals surface area contributed by atoms with Crippen molar-refractivity contribution in [2.45, 2.75) is 25.8 Å². The van der Waals surface area contributed by atoms with Crippen molar-refractivity contribution in [3.05, 3.63) is 12.2 Å². The maximum atomic E-state index is 5.50. The number of hydrogen-bond acceptors (Lipinski definition) is 6. The number of piperazine rings is 1. The van der Waals surface area contributed by atoms with Crippen LogP contribution in [0, 0.1) is 6.92 Å². The molecule has 2 aromatic heterocycles. The van der Waals surface area contributed by atoms with Crippen molar-refractivity contribution in [3.63, 3.8) is 0 Å². The Hall–Kier alpha value is -1.73. The summed E-state index contributed by atoms with van der Waals surface area (Å²) in [6, 6.07) is 0.434. The van der Waals surface area contributed by atoms with E-state index in [1.807, 2.05) is 0 Å². The molecule has 2 fully saturated rings. The molecule has 4 heterocycles. The molecule has 0 saturated carbocycles. The van der Waals surface area contributed by atoms with Crippen LogP contribution < -0.4 is 4.90 Å². The SMILES string of the molecule is Cc1nc2c(N3CCN(C)CC3)ncnc2n1C1CCOCC1. The van der Waals surface area contributed by atoms with Gasteiger partial charge in [0.15, 0.2) is 17.0 Å². The zero-order valence-corrected chi connectivity index (χ0v) is 13.9. The Kier molecular flexibility index (Phi) is 3.90. The zero-order chi connectivity index (χ0) is 15.8. The molecule has 0 N–H and O–H groups in total. The second-order valence-electron chi connectivity index (χ2n) is 6.53. The van der Waals surface area contributed by atoms with Crippen molar-refractivity contribution in [1.29, 1.82) is 0 Å². The van der Waals surface area contributed by atoms with Crippen molar-refractivity contribution in [1.82, 2.24) is 24.4 Å². The first kappa shape index (κ1) is 14.8. The molecule has 4 rings (SSSR count). The van der Waals surface area contributed by atoms with Gasteiger partial charge < -0.3 is 19.1 Å². The van der Waals surface area contributed by atoms with Gasteiger partial charge in [0.25, 0.3) is 0 Å². The number of nitrogens with zero attached hydrogens (tertiary/aromatic N) is 6. The first-order valence-electron chi connectivity index (χ1n) is 8.45. The predicted molar refractivity (Wildman–Crippen MR) is 88.9 cm³/mol. The molecular formula is C16H24N6O. The van der Waals surface area contributed by atoms with Gasteiger partial charge in [-0.3, -0.25) is 0 Å². The van der Waals surface area contributed by atoms with E-state index in [9.17, 15) is 0 Å². The van der Waals surface area contributed by atoms with Crippen LogP contribution in [0.5, 0.6) is 0 Å². The highest BCUT2D eigenvalue weighted by molar-refractivity contribution is 5.84. The minimum Gasteiger partial charge on any atom is -0.381 e. The second-order valence-corrected chi connectivity index (χ2v) is 6.53. The summed E-state index contributed by atoms with van der Waals surface area (Å²) in [6.07, 6.45) is 3.74. The monoisotopic (exact) mass is 316 g/mol. The first-order chi connectivity index (χ1) is 11.2. The smallest absolute Gasteiger partial charge is 0.165 e. The van der Waals surface area contributed by atoms with Crippen LogP contribution in [0.15, 0.2) is 6.33 Å². The van der Waals surface area contributed by atoms with Crippen molar-refractivity contribution in [2.75, 3.05) is 51.3 Å². The topological polar surface area (TPSA) is 59.3 Å². The molecule has 0 bridgehead atoms. The van der Waals surface area contributed by atoms with Crippen LogP contribution in [-0.4, -0.2) is 70.9 Å². The third-order valence-electron chi connectivity index (χ3n) is 4.99. The molecule has 0 spiro atoms. The summed E-state index contributed by atoms with van der Waals surface area (Å²) in [5, 5.41) is 0. The second kappa shape index (κ2) is 6.05. The van der Waals surface area contributed by atoms with Gasteiger partial charge in [-0.15, -0.1) is 0 Å². The quantitative estimate of drug-likeness (QED) is 0.831. The summed E-state index contributed by atoms with van der Waals surface area (Å²) < 4.78 is 7.79. The summed E-state index contributed by atoms with van der Waals surface area (Å²) in [4.78, 5) is 18.6. The Morgan fingerprint density at radius 1 is 1.09 bits per heavy atom. The largest absolute Gasteiger partial charge is 0.381 e. The Morgan fingerprint density at radius 2 is 1.83 bits per heavy atom. The van der Waals surface area contributed by atoms with Crippen LogP contribution in [0.4, 0.5) is 5.82 Å². The first-order valence-corrected chi connectivity index (χ1v) is 8.45. The number of hydrogen-bond donors (Lipinski definition) is 0. The van der Waals surface area contributed by atoms with Crippen molar-refractivity contribution >= 4 is 17.0 Å². The fraction of sp³-hybridized carbons (Fsp3) is 0.688. The van der Waals surface area contributed by atoms with Crippen LogP contribution >= 0.6 is 0 Å². The third-order valence-corrected chi connectivity index (χ3v) is 4.99. The van der Waals surface area contributed by atoms with Gasteiger partial charge in [-0.05, 0) is 26.8 Å². The number of aryl methyl sites for hydroxylation is 1. The summed E-state index contributed by atoms with van der Waals surface area (Å²) >= 11 is 0. The fourth-order valence-corrected chi connectivity index (χ4v) is 3.64. The molecule has 7 nitrogen and oxygen atoms in total. The molecule has 2 saturated heterocycles.